The van der Waals surface area contributed by atoms with Gasteiger partial charge in [-0.25, -0.2) is 4.79 Å². The molecule has 1 aliphatic heterocycles. The SMILES string of the molecule is O=C(OC1(c2ccccc2)CCNCC1)C(O)c1ccccc1. The van der Waals surface area contributed by atoms with Crippen LogP contribution in [-0.2, 0) is 15.1 Å². The topological polar surface area (TPSA) is 58.6 Å². The van der Waals surface area contributed by atoms with Crippen molar-refractivity contribution in [2.24, 2.45) is 0 Å². The maximum Gasteiger partial charge on any atom is 0.340 e. The van der Waals surface area contributed by atoms with E-state index in [1.54, 1.807) is 24.3 Å². The molecule has 2 aromatic carbocycles. The van der Waals surface area contributed by atoms with E-state index in [2.05, 4.69) is 5.32 Å². The zero-order valence-electron chi connectivity index (χ0n) is 12.9. The second-order valence-corrected chi connectivity index (χ2v) is 5.84. The predicted molar refractivity (Wildman–Crippen MR) is 87.7 cm³/mol. The van der Waals surface area contributed by atoms with Crippen molar-refractivity contribution in [3.05, 3.63) is 71.8 Å². The summed E-state index contributed by atoms with van der Waals surface area (Å²) in [6, 6.07) is 18.7. The molecule has 120 valence electrons. The van der Waals surface area contributed by atoms with E-state index in [9.17, 15) is 9.90 Å². The van der Waals surface area contributed by atoms with Gasteiger partial charge in [-0.1, -0.05) is 60.7 Å². The van der Waals surface area contributed by atoms with Gasteiger partial charge in [0.15, 0.2) is 6.10 Å². The molecule has 1 heterocycles. The summed E-state index contributed by atoms with van der Waals surface area (Å²) in [5.74, 6) is -0.595. The monoisotopic (exact) mass is 311 g/mol. The summed E-state index contributed by atoms with van der Waals surface area (Å²) in [5.41, 5.74) is 0.865. The standard InChI is InChI=1S/C19H21NO3/c21-17(15-7-3-1-4-8-15)18(22)23-19(11-13-20-14-12-19)16-9-5-2-6-10-16/h1-10,17,20-21H,11-14H2. The third kappa shape index (κ3) is 3.44. The van der Waals surface area contributed by atoms with Gasteiger partial charge in [0.05, 0.1) is 0 Å². The van der Waals surface area contributed by atoms with Crippen LogP contribution in [0.4, 0.5) is 0 Å². The molecule has 1 unspecified atom stereocenters. The highest BCUT2D eigenvalue weighted by molar-refractivity contribution is 5.76. The van der Waals surface area contributed by atoms with Crippen molar-refractivity contribution >= 4 is 5.97 Å². The van der Waals surface area contributed by atoms with E-state index >= 15 is 0 Å². The van der Waals surface area contributed by atoms with Crippen molar-refractivity contribution in [1.82, 2.24) is 5.32 Å². The number of hydrogen-bond acceptors (Lipinski definition) is 4. The summed E-state index contributed by atoms with van der Waals surface area (Å²) in [4.78, 5) is 12.5. The smallest absolute Gasteiger partial charge is 0.340 e. The van der Waals surface area contributed by atoms with E-state index in [1.165, 1.54) is 0 Å². The fourth-order valence-corrected chi connectivity index (χ4v) is 3.04. The quantitative estimate of drug-likeness (QED) is 0.852. The third-order valence-electron chi connectivity index (χ3n) is 4.35. The lowest BCUT2D eigenvalue weighted by molar-refractivity contribution is -0.175. The Morgan fingerprint density at radius 3 is 2.17 bits per heavy atom. The van der Waals surface area contributed by atoms with E-state index in [-0.39, 0.29) is 0 Å². The average Bonchev–Trinajstić information content (AvgIpc) is 2.63. The van der Waals surface area contributed by atoms with Gasteiger partial charge in [0, 0.05) is 12.8 Å². The Kier molecular flexibility index (Phi) is 4.74. The molecule has 0 spiro atoms. The Labute approximate surface area is 136 Å². The minimum atomic E-state index is -1.26. The summed E-state index contributed by atoms with van der Waals surface area (Å²) >= 11 is 0. The Hall–Kier alpha value is -2.17. The number of piperidine rings is 1. The summed E-state index contributed by atoms with van der Waals surface area (Å²) in [5, 5.41) is 13.6. The molecule has 1 atom stereocenters. The maximum atomic E-state index is 12.5. The van der Waals surface area contributed by atoms with Gasteiger partial charge < -0.3 is 15.2 Å². The number of hydrogen-bond donors (Lipinski definition) is 2. The zero-order valence-corrected chi connectivity index (χ0v) is 12.9. The first kappa shape index (κ1) is 15.7. The third-order valence-corrected chi connectivity index (χ3v) is 4.35. The molecule has 1 saturated heterocycles. The van der Waals surface area contributed by atoms with Crippen LogP contribution in [0, 0.1) is 0 Å². The van der Waals surface area contributed by atoms with Crippen molar-refractivity contribution in [1.29, 1.82) is 0 Å². The van der Waals surface area contributed by atoms with Crippen LogP contribution >= 0.6 is 0 Å². The molecule has 1 aliphatic rings. The molecule has 0 radical (unpaired) electrons. The maximum absolute atomic E-state index is 12.5. The normalized spacial score (nSPS) is 18.1. The van der Waals surface area contributed by atoms with Gasteiger partial charge in [-0.05, 0) is 24.2 Å². The van der Waals surface area contributed by atoms with Gasteiger partial charge in [-0.2, -0.15) is 0 Å². The molecule has 0 aliphatic carbocycles. The number of benzene rings is 2. The molecule has 4 heteroatoms. The van der Waals surface area contributed by atoms with E-state index in [0.29, 0.717) is 18.4 Å². The van der Waals surface area contributed by atoms with Crippen molar-refractivity contribution in [3.63, 3.8) is 0 Å². The van der Waals surface area contributed by atoms with Crippen LogP contribution in [0.5, 0.6) is 0 Å². The lowest BCUT2D eigenvalue weighted by Gasteiger charge is -2.38. The number of carbonyl (C=O) groups excluding carboxylic acids is 1. The molecule has 2 aromatic rings. The number of rotatable bonds is 4. The predicted octanol–water partition coefficient (Wildman–Crippen LogP) is 2.54. The molecule has 4 nitrogen and oxygen atoms in total. The van der Waals surface area contributed by atoms with E-state index < -0.39 is 17.7 Å². The van der Waals surface area contributed by atoms with Crippen molar-refractivity contribution in [2.75, 3.05) is 13.1 Å². The summed E-state index contributed by atoms with van der Waals surface area (Å²) < 4.78 is 5.85. The second kappa shape index (κ2) is 6.94. The highest BCUT2D eigenvalue weighted by Crippen LogP contribution is 2.36. The van der Waals surface area contributed by atoms with Crippen molar-refractivity contribution in [3.8, 4) is 0 Å². The second-order valence-electron chi connectivity index (χ2n) is 5.84. The van der Waals surface area contributed by atoms with Gasteiger partial charge in [0.25, 0.3) is 0 Å². The summed E-state index contributed by atoms with van der Waals surface area (Å²) in [6.07, 6.45) is 0.140. The van der Waals surface area contributed by atoms with Crippen molar-refractivity contribution < 1.29 is 14.6 Å². The molecule has 0 amide bonds. The molecule has 0 aromatic heterocycles. The molecule has 1 fully saturated rings. The van der Waals surface area contributed by atoms with Gasteiger partial charge in [0.2, 0.25) is 0 Å². The molecule has 2 N–H and O–H groups in total. The minimum absolute atomic E-state index is 0.551. The highest BCUT2D eigenvalue weighted by Gasteiger charge is 2.39. The van der Waals surface area contributed by atoms with Crippen LogP contribution in [0.3, 0.4) is 0 Å². The largest absolute Gasteiger partial charge is 0.452 e. The highest BCUT2D eigenvalue weighted by atomic mass is 16.6. The number of nitrogens with one attached hydrogen (secondary N) is 1. The minimum Gasteiger partial charge on any atom is -0.452 e. The lowest BCUT2D eigenvalue weighted by atomic mass is 9.84. The van der Waals surface area contributed by atoms with Crippen LogP contribution in [-0.4, -0.2) is 24.2 Å². The van der Waals surface area contributed by atoms with Crippen LogP contribution in [0.15, 0.2) is 60.7 Å². The van der Waals surface area contributed by atoms with Crippen LogP contribution in [0.1, 0.15) is 30.1 Å². The summed E-state index contributed by atoms with van der Waals surface area (Å²) in [7, 11) is 0. The van der Waals surface area contributed by atoms with E-state index in [4.69, 9.17) is 4.74 Å². The zero-order chi connectivity index (χ0) is 16.1. The number of esters is 1. The lowest BCUT2D eigenvalue weighted by Crippen LogP contribution is -2.43. The Morgan fingerprint density at radius 1 is 1.00 bits per heavy atom. The van der Waals surface area contributed by atoms with Gasteiger partial charge in [-0.3, -0.25) is 0 Å². The van der Waals surface area contributed by atoms with Gasteiger partial charge >= 0.3 is 5.97 Å². The van der Waals surface area contributed by atoms with E-state index in [1.807, 2.05) is 36.4 Å². The summed E-state index contributed by atoms with van der Waals surface area (Å²) in [6.45, 7) is 1.56. The van der Waals surface area contributed by atoms with Crippen molar-refractivity contribution in [2.45, 2.75) is 24.5 Å². The fourth-order valence-electron chi connectivity index (χ4n) is 3.04. The number of ether oxygens (including phenoxy) is 1. The number of aliphatic hydroxyl groups is 1. The molecular weight excluding hydrogens is 290 g/mol. The molecule has 0 saturated carbocycles. The number of carbonyl (C=O) groups is 1. The van der Waals surface area contributed by atoms with Gasteiger partial charge in [-0.15, -0.1) is 0 Å². The van der Waals surface area contributed by atoms with E-state index in [0.717, 1.165) is 18.7 Å². The van der Waals surface area contributed by atoms with Crippen LogP contribution in [0.25, 0.3) is 0 Å². The van der Waals surface area contributed by atoms with Gasteiger partial charge in [0.1, 0.15) is 5.60 Å². The number of aliphatic hydroxyl groups excluding tert-OH is 1. The van der Waals surface area contributed by atoms with Crippen LogP contribution < -0.4 is 5.32 Å². The average molecular weight is 311 g/mol. The molecule has 3 rings (SSSR count). The molecule has 0 bridgehead atoms. The molecule has 23 heavy (non-hydrogen) atoms. The first-order chi connectivity index (χ1) is 11.2. The first-order valence-corrected chi connectivity index (χ1v) is 7.93. The Morgan fingerprint density at radius 2 is 1.57 bits per heavy atom. The fraction of sp³-hybridized carbons (Fsp3) is 0.316. The Balaban J connectivity index is 1.83. The van der Waals surface area contributed by atoms with Crippen LogP contribution in [0.2, 0.25) is 0 Å². The molecular formula is C19H21NO3. The first-order valence-electron chi connectivity index (χ1n) is 7.93. The Bertz CT molecular complexity index is 636.